The molecule has 1 heterocycles. The highest BCUT2D eigenvalue weighted by Crippen LogP contribution is 2.05. The van der Waals surface area contributed by atoms with Crippen LogP contribution in [0.4, 0.5) is 0 Å². The Morgan fingerprint density at radius 1 is 1.38 bits per heavy atom. The van der Waals surface area contributed by atoms with Crippen molar-refractivity contribution in [2.75, 3.05) is 6.54 Å². The molecule has 0 aliphatic rings. The van der Waals surface area contributed by atoms with Gasteiger partial charge in [-0.05, 0) is 25.5 Å². The van der Waals surface area contributed by atoms with E-state index >= 15 is 0 Å². The third kappa shape index (κ3) is 5.29. The lowest BCUT2D eigenvalue weighted by molar-refractivity contribution is -0.142. The molecule has 0 bridgehead atoms. The first-order valence-electron chi connectivity index (χ1n) is 6.80. The number of nitrogens with one attached hydrogen (secondary N) is 2. The number of carbonyl (C=O) groups excluding carboxylic acids is 2. The molecule has 0 radical (unpaired) electrons. The van der Waals surface area contributed by atoms with Crippen molar-refractivity contribution in [2.45, 2.75) is 32.7 Å². The number of aliphatic carboxylic acids is 1. The standard InChI is InChI=1S/C14H20N2O5/c1-3-5-10(14(19)20)8-15-12(17)9(2)16-13(18)11-6-4-7-21-11/h4,6-7,9-10H,3,5,8H2,1-2H3,(H,15,17)(H,16,18)(H,19,20)/t9-,10-/m1/s1. The quantitative estimate of drug-likeness (QED) is 0.663. The molecule has 7 heteroatoms. The summed E-state index contributed by atoms with van der Waals surface area (Å²) in [6, 6.07) is 2.28. The second-order valence-electron chi connectivity index (χ2n) is 4.74. The highest BCUT2D eigenvalue weighted by molar-refractivity contribution is 5.95. The van der Waals surface area contributed by atoms with Crippen LogP contribution >= 0.6 is 0 Å². The van der Waals surface area contributed by atoms with Crippen LogP contribution in [0.5, 0.6) is 0 Å². The maximum absolute atomic E-state index is 11.8. The van der Waals surface area contributed by atoms with Crippen LogP contribution in [0, 0.1) is 5.92 Å². The molecule has 2 atom stereocenters. The molecule has 2 amide bonds. The number of carbonyl (C=O) groups is 3. The van der Waals surface area contributed by atoms with Gasteiger partial charge in [0.2, 0.25) is 5.91 Å². The van der Waals surface area contributed by atoms with Gasteiger partial charge in [0.1, 0.15) is 6.04 Å². The summed E-state index contributed by atoms with van der Waals surface area (Å²) >= 11 is 0. The Morgan fingerprint density at radius 3 is 2.62 bits per heavy atom. The minimum Gasteiger partial charge on any atom is -0.481 e. The first kappa shape index (κ1) is 16.7. The van der Waals surface area contributed by atoms with E-state index in [1.165, 1.54) is 19.3 Å². The second-order valence-corrected chi connectivity index (χ2v) is 4.74. The third-order valence-electron chi connectivity index (χ3n) is 2.99. The molecular formula is C14H20N2O5. The summed E-state index contributed by atoms with van der Waals surface area (Å²) in [4.78, 5) is 34.5. The van der Waals surface area contributed by atoms with Gasteiger partial charge in [0.05, 0.1) is 12.2 Å². The normalized spacial score (nSPS) is 13.2. The first-order chi connectivity index (χ1) is 9.95. The summed E-state index contributed by atoms with van der Waals surface area (Å²) < 4.78 is 4.92. The Morgan fingerprint density at radius 2 is 2.10 bits per heavy atom. The number of rotatable bonds is 8. The van der Waals surface area contributed by atoms with Crippen molar-refractivity contribution in [3.8, 4) is 0 Å². The van der Waals surface area contributed by atoms with Gasteiger partial charge in [-0.3, -0.25) is 14.4 Å². The highest BCUT2D eigenvalue weighted by atomic mass is 16.4. The lowest BCUT2D eigenvalue weighted by atomic mass is 10.0. The predicted molar refractivity (Wildman–Crippen MR) is 74.7 cm³/mol. The fraction of sp³-hybridized carbons (Fsp3) is 0.500. The first-order valence-corrected chi connectivity index (χ1v) is 6.80. The maximum atomic E-state index is 11.8. The smallest absolute Gasteiger partial charge is 0.308 e. The Balaban J connectivity index is 2.43. The zero-order valence-corrected chi connectivity index (χ0v) is 12.1. The summed E-state index contributed by atoms with van der Waals surface area (Å²) in [5, 5.41) is 14.0. The van der Waals surface area contributed by atoms with E-state index in [0.29, 0.717) is 6.42 Å². The molecule has 1 aromatic rings. The summed E-state index contributed by atoms with van der Waals surface area (Å²) in [6.07, 6.45) is 2.57. The lowest BCUT2D eigenvalue weighted by Gasteiger charge is -2.16. The van der Waals surface area contributed by atoms with Crippen LogP contribution in [0.1, 0.15) is 37.2 Å². The zero-order chi connectivity index (χ0) is 15.8. The molecular weight excluding hydrogens is 276 g/mol. The largest absolute Gasteiger partial charge is 0.481 e. The summed E-state index contributed by atoms with van der Waals surface area (Å²) in [5.74, 6) is -2.37. The van der Waals surface area contributed by atoms with E-state index in [1.54, 1.807) is 6.07 Å². The van der Waals surface area contributed by atoms with E-state index < -0.39 is 29.7 Å². The number of hydrogen-bond donors (Lipinski definition) is 3. The topological polar surface area (TPSA) is 109 Å². The third-order valence-corrected chi connectivity index (χ3v) is 2.99. The number of furan rings is 1. The SMILES string of the molecule is CCC[C@H](CNC(=O)[C@@H](C)NC(=O)c1ccco1)C(=O)O. The summed E-state index contributed by atoms with van der Waals surface area (Å²) in [6.45, 7) is 3.44. The van der Waals surface area contributed by atoms with E-state index in [-0.39, 0.29) is 12.3 Å². The van der Waals surface area contributed by atoms with Gasteiger partial charge in [-0.1, -0.05) is 13.3 Å². The molecule has 0 fully saturated rings. The second kappa shape index (κ2) is 8.08. The monoisotopic (exact) mass is 296 g/mol. The van der Waals surface area contributed by atoms with Gasteiger partial charge in [-0.15, -0.1) is 0 Å². The van der Waals surface area contributed by atoms with Crippen LogP contribution in [0.15, 0.2) is 22.8 Å². The van der Waals surface area contributed by atoms with E-state index in [9.17, 15) is 14.4 Å². The highest BCUT2D eigenvalue weighted by Gasteiger charge is 2.21. The molecule has 0 saturated carbocycles. The fourth-order valence-electron chi connectivity index (χ4n) is 1.78. The Hall–Kier alpha value is -2.31. The van der Waals surface area contributed by atoms with Crippen molar-refractivity contribution in [3.05, 3.63) is 24.2 Å². The van der Waals surface area contributed by atoms with E-state index in [4.69, 9.17) is 9.52 Å². The van der Waals surface area contributed by atoms with E-state index in [0.717, 1.165) is 6.42 Å². The van der Waals surface area contributed by atoms with Crippen LogP contribution in [-0.2, 0) is 9.59 Å². The lowest BCUT2D eigenvalue weighted by Crippen LogP contribution is -2.46. The van der Waals surface area contributed by atoms with Crippen molar-refractivity contribution in [1.29, 1.82) is 0 Å². The molecule has 1 rings (SSSR count). The van der Waals surface area contributed by atoms with Crippen molar-refractivity contribution in [1.82, 2.24) is 10.6 Å². The molecule has 7 nitrogen and oxygen atoms in total. The minimum atomic E-state index is -0.940. The van der Waals surface area contributed by atoms with Gasteiger partial charge in [0, 0.05) is 6.54 Å². The Labute approximate surface area is 122 Å². The average Bonchev–Trinajstić information content (AvgIpc) is 2.96. The Bertz CT molecular complexity index is 484. The van der Waals surface area contributed by atoms with Crippen LogP contribution in [0.3, 0.4) is 0 Å². The minimum absolute atomic E-state index is 0.0446. The molecule has 0 unspecified atom stereocenters. The fourth-order valence-corrected chi connectivity index (χ4v) is 1.78. The van der Waals surface area contributed by atoms with Crippen LogP contribution < -0.4 is 10.6 Å². The van der Waals surface area contributed by atoms with E-state index in [1.807, 2.05) is 6.92 Å². The molecule has 21 heavy (non-hydrogen) atoms. The van der Waals surface area contributed by atoms with Crippen molar-refractivity contribution >= 4 is 17.8 Å². The van der Waals surface area contributed by atoms with Crippen molar-refractivity contribution in [3.63, 3.8) is 0 Å². The number of hydrogen-bond acceptors (Lipinski definition) is 4. The molecule has 116 valence electrons. The van der Waals surface area contributed by atoms with Crippen molar-refractivity contribution in [2.24, 2.45) is 5.92 Å². The van der Waals surface area contributed by atoms with Crippen LogP contribution in [0.25, 0.3) is 0 Å². The van der Waals surface area contributed by atoms with Gasteiger partial charge < -0.3 is 20.2 Å². The van der Waals surface area contributed by atoms with Crippen LogP contribution in [0.2, 0.25) is 0 Å². The predicted octanol–water partition coefficient (Wildman–Crippen LogP) is 1.01. The maximum Gasteiger partial charge on any atom is 0.308 e. The van der Waals surface area contributed by atoms with Crippen LogP contribution in [-0.4, -0.2) is 35.5 Å². The molecule has 0 aliphatic heterocycles. The number of amides is 2. The summed E-state index contributed by atoms with van der Waals surface area (Å²) in [7, 11) is 0. The van der Waals surface area contributed by atoms with E-state index in [2.05, 4.69) is 10.6 Å². The number of carboxylic acid groups (broad SMARTS) is 1. The van der Waals surface area contributed by atoms with Gasteiger partial charge in [0.25, 0.3) is 5.91 Å². The molecule has 3 N–H and O–H groups in total. The molecule has 0 spiro atoms. The Kier molecular flexibility index (Phi) is 6.45. The van der Waals surface area contributed by atoms with Crippen molar-refractivity contribution < 1.29 is 23.9 Å². The molecule has 0 aromatic carbocycles. The van der Waals surface area contributed by atoms with Gasteiger partial charge in [0.15, 0.2) is 5.76 Å². The van der Waals surface area contributed by atoms with Gasteiger partial charge in [-0.2, -0.15) is 0 Å². The zero-order valence-electron chi connectivity index (χ0n) is 12.1. The van der Waals surface area contributed by atoms with Gasteiger partial charge >= 0.3 is 5.97 Å². The average molecular weight is 296 g/mol. The molecule has 0 aliphatic carbocycles. The molecule has 1 aromatic heterocycles. The summed E-state index contributed by atoms with van der Waals surface area (Å²) in [5.41, 5.74) is 0. The van der Waals surface area contributed by atoms with Gasteiger partial charge in [-0.25, -0.2) is 0 Å². The number of carboxylic acids is 1. The molecule has 0 saturated heterocycles.